The van der Waals surface area contributed by atoms with E-state index in [1.54, 1.807) is 0 Å². The van der Waals surface area contributed by atoms with Gasteiger partial charge in [0.1, 0.15) is 11.5 Å². The lowest BCUT2D eigenvalue weighted by atomic mass is 9.94. The van der Waals surface area contributed by atoms with Crippen molar-refractivity contribution < 1.29 is 19.8 Å². The number of aliphatic hydroxyl groups excluding tert-OH is 1. The molecule has 2 aromatic rings. The molecule has 0 saturated carbocycles. The summed E-state index contributed by atoms with van der Waals surface area (Å²) in [6.07, 6.45) is 0.671. The lowest BCUT2D eigenvalue weighted by Crippen LogP contribution is -2.32. The van der Waals surface area contributed by atoms with Crippen molar-refractivity contribution in [2.75, 3.05) is 27.2 Å². The van der Waals surface area contributed by atoms with Gasteiger partial charge in [0.15, 0.2) is 0 Å². The summed E-state index contributed by atoms with van der Waals surface area (Å²) in [6.45, 7) is 3.06. The number of halogens is 1. The number of carbonyl (C=O) groups is 2. The quantitative estimate of drug-likeness (QED) is 0.416. The molecule has 6 nitrogen and oxygen atoms in total. The van der Waals surface area contributed by atoms with Crippen LogP contribution in [0.5, 0.6) is 5.75 Å². The molecular weight excluding hydrogens is 404 g/mol. The van der Waals surface area contributed by atoms with Crippen molar-refractivity contribution in [3.63, 3.8) is 0 Å². The van der Waals surface area contributed by atoms with Gasteiger partial charge in [0.2, 0.25) is 0 Å². The molecule has 0 spiro atoms. The Bertz CT molecular complexity index is 999. The van der Waals surface area contributed by atoms with Crippen molar-refractivity contribution in [2.45, 2.75) is 19.4 Å². The number of phenols is 1. The van der Waals surface area contributed by atoms with Gasteiger partial charge in [0, 0.05) is 11.6 Å². The molecule has 158 valence electrons. The van der Waals surface area contributed by atoms with Crippen LogP contribution in [0.3, 0.4) is 0 Å². The molecule has 1 heterocycles. The van der Waals surface area contributed by atoms with Gasteiger partial charge in [-0.05, 0) is 57.7 Å². The maximum absolute atomic E-state index is 12.9. The van der Waals surface area contributed by atoms with Gasteiger partial charge in [0.25, 0.3) is 11.7 Å². The Morgan fingerprint density at radius 2 is 1.80 bits per heavy atom. The van der Waals surface area contributed by atoms with E-state index in [0.717, 1.165) is 12.1 Å². The Hall–Kier alpha value is -2.83. The number of Topliss-reactive ketones (excluding diaryl/α,β-unsaturated/α-hetero) is 1. The fourth-order valence-corrected chi connectivity index (χ4v) is 3.78. The summed E-state index contributed by atoms with van der Waals surface area (Å²) >= 11 is 6.02. The van der Waals surface area contributed by atoms with Crippen LogP contribution in [0.4, 0.5) is 0 Å². The molecule has 2 N–H and O–H groups in total. The van der Waals surface area contributed by atoms with Crippen molar-refractivity contribution >= 4 is 29.1 Å². The zero-order chi connectivity index (χ0) is 22.0. The molecule has 1 fully saturated rings. The molecule has 30 heavy (non-hydrogen) atoms. The predicted octanol–water partition coefficient (Wildman–Crippen LogP) is 3.73. The van der Waals surface area contributed by atoms with Crippen LogP contribution in [-0.4, -0.2) is 58.9 Å². The third-order valence-electron chi connectivity index (χ3n) is 5.15. The normalized spacial score (nSPS) is 18.4. The molecule has 2 aromatic carbocycles. The summed E-state index contributed by atoms with van der Waals surface area (Å²) in [5.41, 5.74) is 1.72. The number of aryl methyl sites for hydroxylation is 1. The van der Waals surface area contributed by atoms with E-state index in [-0.39, 0.29) is 16.9 Å². The van der Waals surface area contributed by atoms with E-state index >= 15 is 0 Å². The Balaban J connectivity index is 2.13. The molecule has 0 unspecified atom stereocenters. The van der Waals surface area contributed by atoms with Crippen LogP contribution >= 0.6 is 11.6 Å². The number of hydrogen-bond donors (Lipinski definition) is 2. The monoisotopic (exact) mass is 428 g/mol. The van der Waals surface area contributed by atoms with Gasteiger partial charge in [-0.1, -0.05) is 41.4 Å². The highest BCUT2D eigenvalue weighted by atomic mass is 35.5. The van der Waals surface area contributed by atoms with E-state index in [1.807, 2.05) is 50.2 Å². The SMILES string of the molecule is Cc1ccc([C@H]2C(=C(O)c3cc(Cl)ccc3O)C(=O)C(=O)N2CCCN(C)C)cc1. The van der Waals surface area contributed by atoms with Crippen molar-refractivity contribution in [3.05, 3.63) is 69.8 Å². The Morgan fingerprint density at radius 3 is 2.43 bits per heavy atom. The van der Waals surface area contributed by atoms with Crippen molar-refractivity contribution in [1.82, 2.24) is 9.80 Å². The number of nitrogens with zero attached hydrogens (tertiary/aromatic N) is 2. The number of benzene rings is 2. The Labute approximate surface area is 181 Å². The molecule has 1 atom stereocenters. The van der Waals surface area contributed by atoms with E-state index in [0.29, 0.717) is 23.6 Å². The fraction of sp³-hybridized carbons (Fsp3) is 0.304. The van der Waals surface area contributed by atoms with Crippen LogP contribution in [0.25, 0.3) is 5.76 Å². The average molecular weight is 429 g/mol. The van der Waals surface area contributed by atoms with Gasteiger partial charge in [-0.15, -0.1) is 0 Å². The Kier molecular flexibility index (Phi) is 6.48. The number of carbonyl (C=O) groups excluding carboxylic acids is 2. The van der Waals surface area contributed by atoms with Crippen LogP contribution in [0, 0.1) is 6.92 Å². The number of amides is 1. The van der Waals surface area contributed by atoms with Gasteiger partial charge in [-0.3, -0.25) is 9.59 Å². The van der Waals surface area contributed by atoms with Gasteiger partial charge in [-0.25, -0.2) is 0 Å². The lowest BCUT2D eigenvalue weighted by molar-refractivity contribution is -0.139. The minimum absolute atomic E-state index is 0.0194. The van der Waals surface area contributed by atoms with E-state index in [4.69, 9.17) is 11.6 Å². The standard InChI is InChI=1S/C23H25ClN2O4/c1-14-5-7-15(8-6-14)20-19(21(28)17-13-16(24)9-10-18(17)27)22(29)23(30)26(20)12-4-11-25(2)3/h5-10,13,20,27-28H,4,11-12H2,1-3H3/t20-/m0/s1. The molecule has 1 saturated heterocycles. The Morgan fingerprint density at radius 1 is 1.13 bits per heavy atom. The minimum atomic E-state index is -0.776. The number of hydrogen-bond acceptors (Lipinski definition) is 5. The lowest BCUT2D eigenvalue weighted by Gasteiger charge is -2.26. The summed E-state index contributed by atoms with van der Waals surface area (Å²) in [5, 5.41) is 21.5. The van der Waals surface area contributed by atoms with E-state index in [1.165, 1.54) is 23.1 Å². The van der Waals surface area contributed by atoms with Gasteiger partial charge < -0.3 is 20.0 Å². The summed E-state index contributed by atoms with van der Waals surface area (Å²) in [6, 6.07) is 10.9. The second-order valence-electron chi connectivity index (χ2n) is 7.72. The molecule has 1 aliphatic heterocycles. The highest BCUT2D eigenvalue weighted by molar-refractivity contribution is 6.46. The van der Waals surface area contributed by atoms with Crippen LogP contribution < -0.4 is 0 Å². The molecule has 1 aliphatic rings. The van der Waals surface area contributed by atoms with Crippen LogP contribution in [0.15, 0.2) is 48.0 Å². The molecule has 0 aliphatic carbocycles. The highest BCUT2D eigenvalue weighted by Crippen LogP contribution is 2.41. The summed E-state index contributed by atoms with van der Waals surface area (Å²) < 4.78 is 0. The number of rotatable bonds is 6. The van der Waals surface area contributed by atoms with Gasteiger partial charge in [-0.2, -0.15) is 0 Å². The number of aliphatic hydroxyl groups is 1. The highest BCUT2D eigenvalue weighted by Gasteiger charge is 2.46. The number of likely N-dealkylation sites (tertiary alicyclic amines) is 1. The second-order valence-corrected chi connectivity index (χ2v) is 8.16. The first-order chi connectivity index (χ1) is 14.2. The minimum Gasteiger partial charge on any atom is -0.507 e. The number of aromatic hydroxyl groups is 1. The van der Waals surface area contributed by atoms with Crippen molar-refractivity contribution in [2.24, 2.45) is 0 Å². The smallest absolute Gasteiger partial charge is 0.295 e. The summed E-state index contributed by atoms with van der Waals surface area (Å²) in [5.74, 6) is -2.10. The first-order valence-corrected chi connectivity index (χ1v) is 10.1. The molecule has 0 radical (unpaired) electrons. The van der Waals surface area contributed by atoms with Gasteiger partial charge >= 0.3 is 0 Å². The van der Waals surface area contributed by atoms with E-state index in [9.17, 15) is 19.8 Å². The molecule has 1 amide bonds. The largest absolute Gasteiger partial charge is 0.507 e. The summed E-state index contributed by atoms with van der Waals surface area (Å²) in [4.78, 5) is 29.3. The number of phenolic OH excluding ortho intramolecular Hbond substituents is 1. The first kappa shape index (κ1) is 21.9. The third-order valence-corrected chi connectivity index (χ3v) is 5.39. The van der Waals surface area contributed by atoms with E-state index < -0.39 is 23.5 Å². The van der Waals surface area contributed by atoms with Gasteiger partial charge in [0.05, 0.1) is 17.2 Å². The maximum atomic E-state index is 12.9. The maximum Gasteiger partial charge on any atom is 0.295 e. The second kappa shape index (κ2) is 8.90. The molecule has 0 aromatic heterocycles. The topological polar surface area (TPSA) is 81.1 Å². The first-order valence-electron chi connectivity index (χ1n) is 9.69. The number of ketones is 1. The molecule has 0 bridgehead atoms. The third kappa shape index (κ3) is 4.35. The zero-order valence-corrected chi connectivity index (χ0v) is 18.0. The zero-order valence-electron chi connectivity index (χ0n) is 17.2. The van der Waals surface area contributed by atoms with Crippen LogP contribution in [0.1, 0.15) is 29.2 Å². The molecular formula is C23H25ClN2O4. The predicted molar refractivity (Wildman–Crippen MR) is 116 cm³/mol. The molecule has 3 rings (SSSR count). The summed E-state index contributed by atoms with van der Waals surface area (Å²) in [7, 11) is 3.88. The van der Waals surface area contributed by atoms with E-state index in [2.05, 4.69) is 0 Å². The molecule has 7 heteroatoms. The fourth-order valence-electron chi connectivity index (χ4n) is 3.61. The average Bonchev–Trinajstić information content (AvgIpc) is 2.94. The van der Waals surface area contributed by atoms with Crippen molar-refractivity contribution in [1.29, 1.82) is 0 Å². The van der Waals surface area contributed by atoms with Crippen LogP contribution in [-0.2, 0) is 9.59 Å². The van der Waals surface area contributed by atoms with Crippen LogP contribution in [0.2, 0.25) is 5.02 Å². The van der Waals surface area contributed by atoms with Crippen molar-refractivity contribution in [3.8, 4) is 5.75 Å².